The number of hydrogen-bond acceptors (Lipinski definition) is 4. The van der Waals surface area contributed by atoms with E-state index in [-0.39, 0.29) is 5.91 Å². The number of aromatic nitrogens is 3. The second-order valence-electron chi connectivity index (χ2n) is 8.05. The van der Waals surface area contributed by atoms with E-state index in [1.54, 1.807) is 0 Å². The van der Waals surface area contributed by atoms with Crippen molar-refractivity contribution in [3.05, 3.63) is 64.7 Å². The summed E-state index contributed by atoms with van der Waals surface area (Å²) in [5.74, 6) is 0.461. The molecule has 5 nitrogen and oxygen atoms in total. The second-order valence-corrected chi connectivity index (χ2v) is 8.99. The molecular weight excluding hydrogens is 392 g/mol. The zero-order valence-corrected chi connectivity index (χ0v) is 18.3. The fourth-order valence-corrected chi connectivity index (χ4v) is 5.33. The summed E-state index contributed by atoms with van der Waals surface area (Å²) in [6, 6.07) is 14.7. The van der Waals surface area contributed by atoms with Gasteiger partial charge in [-0.05, 0) is 68.5 Å². The molecule has 5 rings (SSSR count). The number of nitrogens with zero attached hydrogens (tertiary/aromatic N) is 4. The molecule has 0 N–H and O–H groups in total. The van der Waals surface area contributed by atoms with Crippen LogP contribution in [-0.4, -0.2) is 32.8 Å². The van der Waals surface area contributed by atoms with Crippen molar-refractivity contribution in [2.75, 3.05) is 17.2 Å². The number of carbonyl (C=O) groups excluding carboxylic acids is 1. The van der Waals surface area contributed by atoms with E-state index in [0.29, 0.717) is 5.75 Å². The number of aryl methyl sites for hydroxylation is 4. The Hall–Kier alpha value is -2.86. The maximum absolute atomic E-state index is 13.1. The quantitative estimate of drug-likeness (QED) is 0.447. The van der Waals surface area contributed by atoms with E-state index < -0.39 is 0 Å². The summed E-state index contributed by atoms with van der Waals surface area (Å²) >= 11 is 1.46. The highest BCUT2D eigenvalue weighted by atomic mass is 32.2. The Balaban J connectivity index is 1.48. The Labute approximate surface area is 180 Å². The van der Waals surface area contributed by atoms with Gasteiger partial charge in [0.1, 0.15) is 0 Å². The molecule has 0 saturated carbocycles. The first-order valence-electron chi connectivity index (χ1n) is 10.3. The van der Waals surface area contributed by atoms with E-state index in [4.69, 9.17) is 0 Å². The van der Waals surface area contributed by atoms with Crippen molar-refractivity contribution in [3.63, 3.8) is 0 Å². The Morgan fingerprint density at radius 2 is 1.90 bits per heavy atom. The second kappa shape index (κ2) is 7.43. The van der Waals surface area contributed by atoms with E-state index in [0.717, 1.165) is 41.4 Å². The topological polar surface area (TPSA) is 50.5 Å². The summed E-state index contributed by atoms with van der Waals surface area (Å²) in [4.78, 5) is 15.0. The number of amides is 1. The molecule has 1 aliphatic heterocycles. The molecule has 152 valence electrons. The van der Waals surface area contributed by atoms with Gasteiger partial charge < -0.3 is 4.90 Å². The standard InChI is InChI=1S/C24H24N4OS/c1-15-11-17(3)23-19(12-15)16(2)13-21-25-26-24(28(21)23)30-14-22(29)27-10-6-8-18-7-4-5-9-20(18)27/h4-5,7,9,11-13H,6,8,10,14H2,1-3H3. The molecule has 0 bridgehead atoms. The average Bonchev–Trinajstić information content (AvgIpc) is 3.14. The highest BCUT2D eigenvalue weighted by Crippen LogP contribution is 2.31. The highest BCUT2D eigenvalue weighted by molar-refractivity contribution is 7.99. The lowest BCUT2D eigenvalue weighted by atomic mass is 10.0. The number of pyridine rings is 1. The summed E-state index contributed by atoms with van der Waals surface area (Å²) in [7, 11) is 0. The lowest BCUT2D eigenvalue weighted by Crippen LogP contribution is -2.36. The predicted molar refractivity (Wildman–Crippen MR) is 123 cm³/mol. The summed E-state index contributed by atoms with van der Waals surface area (Å²) < 4.78 is 2.10. The molecule has 6 heteroatoms. The van der Waals surface area contributed by atoms with Crippen molar-refractivity contribution in [2.24, 2.45) is 0 Å². The Bertz CT molecular complexity index is 1290. The number of hydrogen-bond donors (Lipinski definition) is 0. The van der Waals surface area contributed by atoms with Crippen LogP contribution in [0.4, 0.5) is 5.69 Å². The third-order valence-electron chi connectivity index (χ3n) is 5.83. The zero-order chi connectivity index (χ0) is 20.8. The van der Waals surface area contributed by atoms with Crippen LogP contribution in [0.3, 0.4) is 0 Å². The van der Waals surface area contributed by atoms with Gasteiger partial charge in [-0.25, -0.2) is 0 Å². The molecule has 0 aliphatic carbocycles. The van der Waals surface area contributed by atoms with Gasteiger partial charge in [0.25, 0.3) is 0 Å². The van der Waals surface area contributed by atoms with E-state index in [2.05, 4.69) is 59.6 Å². The van der Waals surface area contributed by atoms with E-state index in [9.17, 15) is 4.79 Å². The zero-order valence-electron chi connectivity index (χ0n) is 17.5. The number of benzene rings is 2. The largest absolute Gasteiger partial charge is 0.311 e. The van der Waals surface area contributed by atoms with Crippen LogP contribution in [0.5, 0.6) is 0 Å². The molecule has 0 spiro atoms. The summed E-state index contributed by atoms with van der Waals surface area (Å²) in [6.45, 7) is 7.13. The van der Waals surface area contributed by atoms with Gasteiger partial charge in [0.2, 0.25) is 5.91 Å². The van der Waals surface area contributed by atoms with Crippen LogP contribution in [0.1, 0.15) is 28.7 Å². The van der Waals surface area contributed by atoms with Crippen molar-refractivity contribution >= 4 is 39.9 Å². The molecule has 0 radical (unpaired) electrons. The van der Waals surface area contributed by atoms with Gasteiger partial charge in [0, 0.05) is 17.6 Å². The smallest absolute Gasteiger partial charge is 0.237 e. The van der Waals surface area contributed by atoms with Gasteiger partial charge in [0.15, 0.2) is 10.8 Å². The van der Waals surface area contributed by atoms with Crippen molar-refractivity contribution in [1.29, 1.82) is 0 Å². The Morgan fingerprint density at radius 1 is 1.07 bits per heavy atom. The average molecular weight is 417 g/mol. The third-order valence-corrected chi connectivity index (χ3v) is 6.75. The number of thioether (sulfide) groups is 1. The minimum absolute atomic E-state index is 0.118. The lowest BCUT2D eigenvalue weighted by Gasteiger charge is -2.29. The summed E-state index contributed by atoms with van der Waals surface area (Å²) in [5, 5.41) is 10.8. The fourth-order valence-electron chi connectivity index (χ4n) is 4.50. The van der Waals surface area contributed by atoms with Crippen molar-refractivity contribution < 1.29 is 4.79 Å². The monoisotopic (exact) mass is 416 g/mol. The number of rotatable bonds is 3. The Morgan fingerprint density at radius 3 is 2.77 bits per heavy atom. The van der Waals surface area contributed by atoms with Gasteiger partial charge in [-0.2, -0.15) is 0 Å². The van der Waals surface area contributed by atoms with Gasteiger partial charge in [-0.3, -0.25) is 9.20 Å². The third kappa shape index (κ3) is 3.16. The highest BCUT2D eigenvalue weighted by Gasteiger charge is 2.23. The SMILES string of the molecule is Cc1cc(C)c2c(c1)c(C)cc1nnc(SCC(=O)N3CCCc4ccccc43)n12. The van der Waals surface area contributed by atoms with Crippen LogP contribution in [0, 0.1) is 20.8 Å². The van der Waals surface area contributed by atoms with Crippen LogP contribution in [0.2, 0.25) is 0 Å². The molecule has 1 aliphatic rings. The van der Waals surface area contributed by atoms with Crippen LogP contribution in [-0.2, 0) is 11.2 Å². The first-order chi connectivity index (χ1) is 14.5. The maximum Gasteiger partial charge on any atom is 0.237 e. The van der Waals surface area contributed by atoms with Gasteiger partial charge >= 0.3 is 0 Å². The Kier molecular flexibility index (Phi) is 4.74. The van der Waals surface area contributed by atoms with Gasteiger partial charge in [-0.15, -0.1) is 10.2 Å². The molecule has 3 heterocycles. The number of anilines is 1. The fraction of sp³-hybridized carbons (Fsp3) is 0.292. The summed E-state index contributed by atoms with van der Waals surface area (Å²) in [5.41, 5.74) is 7.87. The molecule has 0 fully saturated rings. The van der Waals surface area contributed by atoms with Gasteiger partial charge in [0.05, 0.1) is 11.3 Å². The molecule has 0 saturated heterocycles. The number of para-hydroxylation sites is 1. The molecule has 4 aromatic rings. The molecule has 2 aromatic heterocycles. The van der Waals surface area contributed by atoms with Crippen LogP contribution in [0.25, 0.3) is 16.6 Å². The van der Waals surface area contributed by atoms with Gasteiger partial charge in [-0.1, -0.05) is 41.6 Å². The molecule has 0 atom stereocenters. The van der Waals surface area contributed by atoms with Crippen LogP contribution in [0.15, 0.2) is 47.6 Å². The lowest BCUT2D eigenvalue weighted by molar-refractivity contribution is -0.116. The molecular formula is C24H24N4OS. The normalized spacial score (nSPS) is 13.8. The maximum atomic E-state index is 13.1. The predicted octanol–water partition coefficient (Wildman–Crippen LogP) is 4.88. The number of carbonyl (C=O) groups is 1. The molecule has 2 aromatic carbocycles. The van der Waals surface area contributed by atoms with Crippen LogP contribution < -0.4 is 4.90 Å². The van der Waals surface area contributed by atoms with E-state index >= 15 is 0 Å². The van der Waals surface area contributed by atoms with Crippen molar-refractivity contribution in [1.82, 2.24) is 14.6 Å². The molecule has 0 unspecified atom stereocenters. The minimum Gasteiger partial charge on any atom is -0.311 e. The summed E-state index contributed by atoms with van der Waals surface area (Å²) in [6.07, 6.45) is 2.04. The van der Waals surface area contributed by atoms with Crippen molar-refractivity contribution in [2.45, 2.75) is 38.8 Å². The first-order valence-corrected chi connectivity index (χ1v) is 11.3. The minimum atomic E-state index is 0.118. The first kappa shape index (κ1) is 19.1. The molecule has 1 amide bonds. The van der Waals surface area contributed by atoms with E-state index in [1.807, 2.05) is 23.1 Å². The van der Waals surface area contributed by atoms with Crippen molar-refractivity contribution in [3.8, 4) is 0 Å². The van der Waals surface area contributed by atoms with E-state index in [1.165, 1.54) is 39.4 Å². The molecule has 30 heavy (non-hydrogen) atoms. The van der Waals surface area contributed by atoms with Crippen LogP contribution >= 0.6 is 11.8 Å². The number of fused-ring (bicyclic) bond motifs is 4.